The lowest BCUT2D eigenvalue weighted by atomic mass is 10.2. The summed E-state index contributed by atoms with van der Waals surface area (Å²) in [5.41, 5.74) is 1.51. The highest BCUT2D eigenvalue weighted by molar-refractivity contribution is 7.13. The lowest BCUT2D eigenvalue weighted by Gasteiger charge is -2.34. The summed E-state index contributed by atoms with van der Waals surface area (Å²) in [6.45, 7) is 6.73. The number of aromatic nitrogens is 1. The predicted molar refractivity (Wildman–Crippen MR) is 98.3 cm³/mol. The van der Waals surface area contributed by atoms with Crippen molar-refractivity contribution >= 4 is 22.4 Å². The summed E-state index contributed by atoms with van der Waals surface area (Å²) in [5, 5.41) is 5.45. The number of nitrogens with zero attached hydrogens (tertiary/aromatic N) is 2. The largest absolute Gasteiger partial charge is 0.497 e. The highest BCUT2D eigenvalue weighted by Crippen LogP contribution is 2.20. The zero-order valence-electron chi connectivity index (χ0n) is 14.7. The van der Waals surface area contributed by atoms with Gasteiger partial charge in [0.05, 0.1) is 25.0 Å². The van der Waals surface area contributed by atoms with E-state index in [0.29, 0.717) is 16.4 Å². The summed E-state index contributed by atoms with van der Waals surface area (Å²) in [7, 11) is 1.58. The molecular formula is C18H23N3O3S. The lowest BCUT2D eigenvalue weighted by Crippen LogP contribution is -2.44. The fourth-order valence-corrected chi connectivity index (χ4v) is 3.71. The molecule has 1 amide bonds. The van der Waals surface area contributed by atoms with E-state index in [1.807, 2.05) is 11.4 Å². The van der Waals surface area contributed by atoms with Gasteiger partial charge in [-0.1, -0.05) is 6.07 Å². The van der Waals surface area contributed by atoms with Crippen LogP contribution in [-0.4, -0.2) is 48.2 Å². The number of benzene rings is 1. The molecule has 0 saturated carbocycles. The van der Waals surface area contributed by atoms with Gasteiger partial charge in [0.2, 0.25) is 0 Å². The average Bonchev–Trinajstić information content (AvgIpc) is 3.00. The maximum Gasteiger partial charge on any atom is 0.257 e. The number of carbonyl (C=O) groups excluding carboxylic acids is 1. The molecule has 1 aromatic carbocycles. The molecule has 6 nitrogen and oxygen atoms in total. The molecule has 1 aromatic heterocycles. The Morgan fingerprint density at radius 2 is 2.16 bits per heavy atom. The molecule has 7 heteroatoms. The quantitative estimate of drug-likeness (QED) is 0.887. The van der Waals surface area contributed by atoms with E-state index in [4.69, 9.17) is 9.47 Å². The van der Waals surface area contributed by atoms with E-state index in [-0.39, 0.29) is 18.1 Å². The minimum atomic E-state index is -0.187. The first-order valence-electron chi connectivity index (χ1n) is 8.31. The van der Waals surface area contributed by atoms with Gasteiger partial charge in [0.1, 0.15) is 5.75 Å². The zero-order chi connectivity index (χ0) is 17.8. The second-order valence-electron chi connectivity index (χ2n) is 6.28. The Hall–Kier alpha value is -1.96. The fraction of sp³-hybridized carbons (Fsp3) is 0.444. The molecule has 2 unspecified atom stereocenters. The molecule has 2 aromatic rings. The number of anilines is 1. The number of nitrogens with one attached hydrogen (secondary N) is 1. The van der Waals surface area contributed by atoms with E-state index in [0.717, 1.165) is 25.3 Å². The molecule has 0 spiro atoms. The van der Waals surface area contributed by atoms with Gasteiger partial charge < -0.3 is 9.47 Å². The molecule has 1 fully saturated rings. The van der Waals surface area contributed by atoms with Crippen molar-refractivity contribution in [2.24, 2.45) is 0 Å². The normalized spacial score (nSPS) is 21.1. The van der Waals surface area contributed by atoms with Gasteiger partial charge in [0, 0.05) is 30.6 Å². The van der Waals surface area contributed by atoms with E-state index in [1.165, 1.54) is 11.3 Å². The number of methoxy groups -OCH3 is 1. The number of hydrogen-bond acceptors (Lipinski definition) is 6. The number of hydrogen-bond donors (Lipinski definition) is 1. The van der Waals surface area contributed by atoms with E-state index < -0.39 is 0 Å². The Morgan fingerprint density at radius 3 is 2.88 bits per heavy atom. The van der Waals surface area contributed by atoms with Crippen LogP contribution in [0.1, 0.15) is 29.9 Å². The van der Waals surface area contributed by atoms with Gasteiger partial charge in [-0.3, -0.25) is 15.0 Å². The maximum atomic E-state index is 12.3. The van der Waals surface area contributed by atoms with Crippen LogP contribution in [0.4, 0.5) is 5.13 Å². The second-order valence-corrected chi connectivity index (χ2v) is 7.14. The predicted octanol–water partition coefficient (Wildman–Crippen LogP) is 3.01. The first kappa shape index (κ1) is 17.8. The average molecular weight is 361 g/mol. The minimum Gasteiger partial charge on any atom is -0.497 e. The molecule has 1 N–H and O–H groups in total. The molecule has 3 rings (SSSR count). The van der Waals surface area contributed by atoms with Crippen molar-refractivity contribution in [2.45, 2.75) is 32.6 Å². The highest BCUT2D eigenvalue weighted by atomic mass is 32.1. The first-order chi connectivity index (χ1) is 12.0. The van der Waals surface area contributed by atoms with Crippen molar-refractivity contribution < 1.29 is 14.3 Å². The van der Waals surface area contributed by atoms with Gasteiger partial charge >= 0.3 is 0 Å². The van der Waals surface area contributed by atoms with Gasteiger partial charge in [-0.15, -0.1) is 11.3 Å². The van der Waals surface area contributed by atoms with Crippen LogP contribution in [0, 0.1) is 0 Å². The van der Waals surface area contributed by atoms with Crippen molar-refractivity contribution in [2.75, 3.05) is 25.5 Å². The number of amides is 1. The van der Waals surface area contributed by atoms with Gasteiger partial charge in [-0.25, -0.2) is 4.98 Å². The molecule has 1 aliphatic rings. The Morgan fingerprint density at radius 1 is 1.40 bits per heavy atom. The molecule has 0 radical (unpaired) electrons. The molecule has 2 atom stereocenters. The Labute approximate surface area is 151 Å². The summed E-state index contributed by atoms with van der Waals surface area (Å²) < 4.78 is 10.9. The summed E-state index contributed by atoms with van der Waals surface area (Å²) >= 11 is 1.44. The number of morpholine rings is 1. The summed E-state index contributed by atoms with van der Waals surface area (Å²) in [6.07, 6.45) is 0.462. The molecular weight excluding hydrogens is 338 g/mol. The lowest BCUT2D eigenvalue weighted by molar-refractivity contribution is -0.0707. The van der Waals surface area contributed by atoms with Gasteiger partial charge in [-0.05, 0) is 32.0 Å². The van der Waals surface area contributed by atoms with Crippen LogP contribution in [0.3, 0.4) is 0 Å². The highest BCUT2D eigenvalue weighted by Gasteiger charge is 2.22. The van der Waals surface area contributed by atoms with Gasteiger partial charge in [0.15, 0.2) is 5.13 Å². The minimum absolute atomic E-state index is 0.187. The van der Waals surface area contributed by atoms with Crippen LogP contribution >= 0.6 is 11.3 Å². The number of rotatable bonds is 5. The van der Waals surface area contributed by atoms with Crippen LogP contribution < -0.4 is 10.1 Å². The third-order valence-electron chi connectivity index (χ3n) is 3.98. The van der Waals surface area contributed by atoms with Crippen molar-refractivity contribution in [1.82, 2.24) is 9.88 Å². The van der Waals surface area contributed by atoms with Crippen molar-refractivity contribution in [1.29, 1.82) is 0 Å². The third-order valence-corrected chi connectivity index (χ3v) is 4.79. The topological polar surface area (TPSA) is 63.7 Å². The van der Waals surface area contributed by atoms with Crippen molar-refractivity contribution in [3.63, 3.8) is 0 Å². The number of carbonyl (C=O) groups is 1. The third kappa shape index (κ3) is 4.78. The zero-order valence-corrected chi connectivity index (χ0v) is 15.5. The smallest absolute Gasteiger partial charge is 0.257 e. The van der Waals surface area contributed by atoms with E-state index >= 15 is 0 Å². The van der Waals surface area contributed by atoms with Crippen molar-refractivity contribution in [3.05, 3.63) is 40.9 Å². The maximum absolute atomic E-state index is 12.3. The van der Waals surface area contributed by atoms with Crippen LogP contribution in [-0.2, 0) is 11.3 Å². The van der Waals surface area contributed by atoms with Crippen LogP contribution in [0.15, 0.2) is 29.6 Å². The van der Waals surface area contributed by atoms with E-state index in [9.17, 15) is 4.79 Å². The van der Waals surface area contributed by atoms with Crippen molar-refractivity contribution in [3.8, 4) is 5.75 Å². The SMILES string of the molecule is COc1cccc(C(=O)Nc2nc(CN3CC(C)OC(C)C3)cs2)c1. The molecule has 1 saturated heterocycles. The Bertz CT molecular complexity index is 724. The van der Waals surface area contributed by atoms with Gasteiger partial charge in [-0.2, -0.15) is 0 Å². The standard InChI is InChI=1S/C18H23N3O3S/c1-12-8-21(9-13(2)24-12)10-15-11-25-18(19-15)20-17(22)14-5-4-6-16(7-14)23-3/h4-7,11-13H,8-10H2,1-3H3,(H,19,20,22). The summed E-state index contributed by atoms with van der Waals surface area (Å²) in [5.74, 6) is 0.469. The number of ether oxygens (including phenoxy) is 2. The second kappa shape index (κ2) is 7.95. The van der Waals surface area contributed by atoms with E-state index in [1.54, 1.807) is 25.3 Å². The molecule has 134 valence electrons. The number of thiazole rings is 1. The van der Waals surface area contributed by atoms with Gasteiger partial charge in [0.25, 0.3) is 5.91 Å². The fourth-order valence-electron chi connectivity index (χ4n) is 3.01. The molecule has 0 aliphatic carbocycles. The Balaban J connectivity index is 1.60. The Kier molecular flexibility index (Phi) is 5.67. The summed E-state index contributed by atoms with van der Waals surface area (Å²) in [4.78, 5) is 19.2. The van der Waals surface area contributed by atoms with Crippen LogP contribution in [0.25, 0.3) is 0 Å². The summed E-state index contributed by atoms with van der Waals surface area (Å²) in [6, 6.07) is 7.06. The van der Waals surface area contributed by atoms with Crippen LogP contribution in [0.2, 0.25) is 0 Å². The molecule has 1 aliphatic heterocycles. The van der Waals surface area contributed by atoms with Crippen LogP contribution in [0.5, 0.6) is 5.75 Å². The molecule has 2 heterocycles. The monoisotopic (exact) mass is 361 g/mol. The first-order valence-corrected chi connectivity index (χ1v) is 9.19. The molecule has 25 heavy (non-hydrogen) atoms. The van der Waals surface area contributed by atoms with E-state index in [2.05, 4.69) is 29.0 Å². The molecule has 0 bridgehead atoms.